The number of nitrogens with one attached hydrogen (secondary N) is 2. The van der Waals surface area contributed by atoms with Gasteiger partial charge in [0.15, 0.2) is 11.5 Å². The molecule has 2 aromatic heterocycles. The molecule has 3 aromatic rings. The molecule has 8 heteroatoms. The standard InChI is InChI=1S/C20H23N3O5/c1-12-8-15(23-28-12)6-7-21-19(24)5-4-13-9-14-10-17(26-2)18(27-3)11-16(14)22-20(13)25/h8-11H,4-7H2,1-3H3,(H,21,24)(H,22,25). The molecule has 0 aliphatic heterocycles. The van der Waals surface area contributed by atoms with Gasteiger partial charge in [-0.05, 0) is 25.5 Å². The van der Waals surface area contributed by atoms with Gasteiger partial charge in [-0.3, -0.25) is 9.59 Å². The van der Waals surface area contributed by atoms with Crippen LogP contribution in [-0.2, 0) is 17.6 Å². The molecule has 0 aliphatic carbocycles. The SMILES string of the molecule is COc1cc2cc(CCC(=O)NCCc3cc(C)on3)c(=O)[nH]c2cc1OC. The number of aromatic nitrogens is 2. The Balaban J connectivity index is 1.62. The molecule has 0 unspecified atom stereocenters. The van der Waals surface area contributed by atoms with E-state index in [0.29, 0.717) is 42.0 Å². The Morgan fingerprint density at radius 2 is 1.89 bits per heavy atom. The van der Waals surface area contributed by atoms with Crippen LogP contribution < -0.4 is 20.3 Å². The van der Waals surface area contributed by atoms with Gasteiger partial charge < -0.3 is 24.3 Å². The molecule has 0 radical (unpaired) electrons. The number of methoxy groups -OCH3 is 2. The Morgan fingerprint density at radius 1 is 1.14 bits per heavy atom. The van der Waals surface area contributed by atoms with Crippen LogP contribution in [0.25, 0.3) is 10.9 Å². The van der Waals surface area contributed by atoms with E-state index >= 15 is 0 Å². The second-order valence-electron chi connectivity index (χ2n) is 6.45. The summed E-state index contributed by atoms with van der Waals surface area (Å²) >= 11 is 0. The van der Waals surface area contributed by atoms with Gasteiger partial charge in [0.1, 0.15) is 5.76 Å². The number of fused-ring (bicyclic) bond motifs is 1. The average Bonchev–Trinajstić information content (AvgIpc) is 3.10. The third-order valence-electron chi connectivity index (χ3n) is 4.43. The normalized spacial score (nSPS) is 10.8. The van der Waals surface area contributed by atoms with Crippen molar-refractivity contribution in [3.05, 3.63) is 51.6 Å². The maximum atomic E-state index is 12.3. The highest BCUT2D eigenvalue weighted by Crippen LogP contribution is 2.31. The monoisotopic (exact) mass is 385 g/mol. The van der Waals surface area contributed by atoms with Crippen molar-refractivity contribution in [2.24, 2.45) is 0 Å². The molecule has 0 spiro atoms. The first kappa shape index (κ1) is 19.5. The summed E-state index contributed by atoms with van der Waals surface area (Å²) in [7, 11) is 3.10. The van der Waals surface area contributed by atoms with Crippen molar-refractivity contribution >= 4 is 16.8 Å². The third-order valence-corrected chi connectivity index (χ3v) is 4.43. The van der Waals surface area contributed by atoms with E-state index in [1.54, 1.807) is 32.4 Å². The minimum atomic E-state index is -0.217. The van der Waals surface area contributed by atoms with Gasteiger partial charge in [0.2, 0.25) is 5.91 Å². The van der Waals surface area contributed by atoms with Crippen LogP contribution >= 0.6 is 0 Å². The minimum absolute atomic E-state index is 0.118. The summed E-state index contributed by atoms with van der Waals surface area (Å²) in [6.07, 6.45) is 1.16. The fourth-order valence-corrected chi connectivity index (χ4v) is 2.97. The summed E-state index contributed by atoms with van der Waals surface area (Å²) < 4.78 is 15.5. The second kappa shape index (κ2) is 8.60. The summed E-state index contributed by atoms with van der Waals surface area (Å²) in [5.41, 5.74) is 1.78. The van der Waals surface area contributed by atoms with E-state index in [2.05, 4.69) is 15.5 Å². The fraction of sp³-hybridized carbons (Fsp3) is 0.350. The zero-order valence-corrected chi connectivity index (χ0v) is 16.1. The quantitative estimate of drug-likeness (QED) is 0.615. The van der Waals surface area contributed by atoms with Crippen LogP contribution in [0, 0.1) is 6.92 Å². The Labute approximate surface area is 161 Å². The molecule has 0 atom stereocenters. The van der Waals surface area contributed by atoms with Crippen LogP contribution in [0.15, 0.2) is 33.6 Å². The van der Waals surface area contributed by atoms with Gasteiger partial charge in [-0.25, -0.2) is 0 Å². The lowest BCUT2D eigenvalue weighted by atomic mass is 10.1. The van der Waals surface area contributed by atoms with E-state index in [4.69, 9.17) is 14.0 Å². The van der Waals surface area contributed by atoms with Crippen LogP contribution in [0.1, 0.15) is 23.4 Å². The Morgan fingerprint density at radius 3 is 2.57 bits per heavy atom. The number of carbonyl (C=O) groups excluding carboxylic acids is 1. The number of carbonyl (C=O) groups is 1. The van der Waals surface area contributed by atoms with E-state index in [1.165, 1.54) is 0 Å². The minimum Gasteiger partial charge on any atom is -0.493 e. The number of ether oxygens (including phenoxy) is 2. The van der Waals surface area contributed by atoms with Crippen LogP contribution in [-0.4, -0.2) is 36.8 Å². The summed E-state index contributed by atoms with van der Waals surface area (Å²) in [6.45, 7) is 2.29. The van der Waals surface area contributed by atoms with Crippen LogP contribution in [0.2, 0.25) is 0 Å². The van der Waals surface area contributed by atoms with E-state index in [9.17, 15) is 9.59 Å². The van der Waals surface area contributed by atoms with E-state index in [1.807, 2.05) is 13.0 Å². The third kappa shape index (κ3) is 4.51. The number of pyridine rings is 1. The molecular formula is C20H23N3O5. The smallest absolute Gasteiger partial charge is 0.251 e. The number of benzene rings is 1. The Bertz CT molecular complexity index is 1040. The van der Waals surface area contributed by atoms with Gasteiger partial charge >= 0.3 is 0 Å². The molecule has 3 rings (SSSR count). The topological polar surface area (TPSA) is 106 Å². The Kier molecular flexibility index (Phi) is 5.98. The van der Waals surface area contributed by atoms with Crippen LogP contribution in [0.5, 0.6) is 11.5 Å². The number of aryl methyl sites for hydroxylation is 2. The number of aromatic amines is 1. The van der Waals surface area contributed by atoms with Gasteiger partial charge in [-0.1, -0.05) is 5.16 Å². The molecule has 2 heterocycles. The highest BCUT2D eigenvalue weighted by atomic mass is 16.5. The predicted molar refractivity (Wildman–Crippen MR) is 104 cm³/mol. The van der Waals surface area contributed by atoms with Crippen molar-refractivity contribution in [1.82, 2.24) is 15.5 Å². The first-order valence-electron chi connectivity index (χ1n) is 8.97. The fourth-order valence-electron chi connectivity index (χ4n) is 2.97. The number of amides is 1. The molecule has 8 nitrogen and oxygen atoms in total. The van der Waals surface area contributed by atoms with Gasteiger partial charge in [0.05, 0.1) is 25.4 Å². The molecule has 1 amide bonds. The lowest BCUT2D eigenvalue weighted by Gasteiger charge is -2.10. The summed E-state index contributed by atoms with van der Waals surface area (Å²) in [6, 6.07) is 7.14. The number of hydrogen-bond donors (Lipinski definition) is 2. The lowest BCUT2D eigenvalue weighted by molar-refractivity contribution is -0.121. The molecule has 0 aliphatic rings. The van der Waals surface area contributed by atoms with Crippen molar-refractivity contribution in [2.75, 3.05) is 20.8 Å². The van der Waals surface area contributed by atoms with E-state index < -0.39 is 0 Å². The van der Waals surface area contributed by atoms with Crippen molar-refractivity contribution in [3.63, 3.8) is 0 Å². The summed E-state index contributed by atoms with van der Waals surface area (Å²) in [5.74, 6) is 1.74. The lowest BCUT2D eigenvalue weighted by Crippen LogP contribution is -2.26. The largest absolute Gasteiger partial charge is 0.493 e. The first-order valence-corrected chi connectivity index (χ1v) is 8.97. The maximum absolute atomic E-state index is 12.3. The van der Waals surface area contributed by atoms with Crippen molar-refractivity contribution in [3.8, 4) is 11.5 Å². The number of nitrogens with zero attached hydrogens (tertiary/aromatic N) is 1. The number of H-pyrrole nitrogens is 1. The van der Waals surface area contributed by atoms with E-state index in [0.717, 1.165) is 16.8 Å². The van der Waals surface area contributed by atoms with Gasteiger partial charge in [0, 0.05) is 42.5 Å². The zero-order chi connectivity index (χ0) is 20.1. The highest BCUT2D eigenvalue weighted by molar-refractivity contribution is 5.83. The maximum Gasteiger partial charge on any atom is 0.251 e. The molecule has 148 valence electrons. The molecule has 0 fully saturated rings. The highest BCUT2D eigenvalue weighted by Gasteiger charge is 2.11. The molecule has 1 aromatic carbocycles. The molecule has 28 heavy (non-hydrogen) atoms. The van der Waals surface area contributed by atoms with Crippen LogP contribution in [0.3, 0.4) is 0 Å². The second-order valence-corrected chi connectivity index (χ2v) is 6.45. The van der Waals surface area contributed by atoms with Gasteiger partial charge in [-0.2, -0.15) is 0 Å². The molecule has 0 saturated carbocycles. The van der Waals surface area contributed by atoms with E-state index in [-0.39, 0.29) is 17.9 Å². The first-order chi connectivity index (χ1) is 13.5. The Hall–Kier alpha value is -3.29. The van der Waals surface area contributed by atoms with Gasteiger partial charge in [-0.15, -0.1) is 0 Å². The molecule has 0 bridgehead atoms. The van der Waals surface area contributed by atoms with Crippen LogP contribution in [0.4, 0.5) is 0 Å². The average molecular weight is 385 g/mol. The molecular weight excluding hydrogens is 362 g/mol. The molecule has 0 saturated heterocycles. The number of hydrogen-bond acceptors (Lipinski definition) is 6. The summed E-state index contributed by atoms with van der Waals surface area (Å²) in [4.78, 5) is 27.2. The van der Waals surface area contributed by atoms with Crippen molar-refractivity contribution in [2.45, 2.75) is 26.2 Å². The predicted octanol–water partition coefficient (Wildman–Crippen LogP) is 2.13. The summed E-state index contributed by atoms with van der Waals surface area (Å²) in [5, 5.41) is 7.53. The van der Waals surface area contributed by atoms with Gasteiger partial charge in [0.25, 0.3) is 5.56 Å². The molecule has 2 N–H and O–H groups in total. The zero-order valence-electron chi connectivity index (χ0n) is 16.1. The van der Waals surface area contributed by atoms with Crippen molar-refractivity contribution < 1.29 is 18.8 Å². The number of rotatable bonds is 8. The van der Waals surface area contributed by atoms with Crippen molar-refractivity contribution in [1.29, 1.82) is 0 Å².